The molecule has 0 radical (unpaired) electrons. The molecule has 4 fully saturated rings. The van der Waals surface area contributed by atoms with Gasteiger partial charge in [-0.25, -0.2) is 0 Å². The maximum Gasteiger partial charge on any atom is 0.252 e. The van der Waals surface area contributed by atoms with E-state index in [1.54, 1.807) is 12.1 Å². The van der Waals surface area contributed by atoms with E-state index in [4.69, 9.17) is 16.3 Å². The number of benzene rings is 1. The van der Waals surface area contributed by atoms with Gasteiger partial charge in [0.15, 0.2) is 0 Å². The third kappa shape index (κ3) is 3.97. The molecule has 4 aliphatic rings. The average Bonchev–Trinajstić information content (AvgIpc) is 2.60. The maximum absolute atomic E-state index is 12.9. The summed E-state index contributed by atoms with van der Waals surface area (Å²) in [4.78, 5) is 14.8. The largest absolute Gasteiger partial charge is 0.475 e. The number of nitrogens with zero attached hydrogens (tertiary/aromatic N) is 1. The van der Waals surface area contributed by atoms with Crippen LogP contribution in [0.3, 0.4) is 0 Å². The average molecular weight is 391 g/mol. The van der Waals surface area contributed by atoms with Gasteiger partial charge in [-0.1, -0.05) is 11.6 Å². The highest BCUT2D eigenvalue weighted by Gasteiger charge is 2.50. The van der Waals surface area contributed by atoms with E-state index in [0.717, 1.165) is 24.3 Å². The van der Waals surface area contributed by atoms with Crippen LogP contribution in [0.5, 0.6) is 5.75 Å². The van der Waals surface area contributed by atoms with Crippen molar-refractivity contribution in [1.82, 2.24) is 10.2 Å². The Labute approximate surface area is 167 Å². The van der Waals surface area contributed by atoms with E-state index in [-0.39, 0.29) is 12.1 Å². The summed E-state index contributed by atoms with van der Waals surface area (Å²) in [6, 6.07) is 5.33. The van der Waals surface area contributed by atoms with E-state index in [2.05, 4.69) is 5.32 Å². The van der Waals surface area contributed by atoms with Gasteiger partial charge < -0.3 is 10.1 Å². The summed E-state index contributed by atoms with van der Waals surface area (Å²) >= 11 is 6.32. The smallest absolute Gasteiger partial charge is 0.252 e. The van der Waals surface area contributed by atoms with Gasteiger partial charge in [0.25, 0.3) is 5.91 Å². The Morgan fingerprint density at radius 1 is 1.22 bits per heavy atom. The fraction of sp³-hybridized carbons (Fsp3) is 0.682. The SMILES string of the molecule is CC(Oc1ccc(Cl)c(C(=O)NCC23CC4CC(CC(C4)C2)C3)c1)N(C)C. The van der Waals surface area contributed by atoms with E-state index in [9.17, 15) is 4.79 Å². The molecule has 4 nitrogen and oxygen atoms in total. The van der Waals surface area contributed by atoms with Crippen molar-refractivity contribution in [2.75, 3.05) is 20.6 Å². The number of hydrogen-bond donors (Lipinski definition) is 1. The summed E-state index contributed by atoms with van der Waals surface area (Å²) in [5, 5.41) is 3.69. The molecule has 0 saturated heterocycles. The van der Waals surface area contributed by atoms with E-state index in [1.807, 2.05) is 32.0 Å². The first-order chi connectivity index (χ1) is 12.8. The number of halogens is 1. The minimum absolute atomic E-state index is 0.0749. The second-order valence-electron chi connectivity index (χ2n) is 9.42. The number of rotatable bonds is 6. The second-order valence-corrected chi connectivity index (χ2v) is 9.83. The number of carbonyl (C=O) groups is 1. The molecule has 5 rings (SSSR count). The molecule has 1 atom stereocenters. The Hall–Kier alpha value is -1.26. The van der Waals surface area contributed by atoms with Gasteiger partial charge in [-0.05, 0) is 101 Å². The number of nitrogens with one attached hydrogen (secondary N) is 1. The van der Waals surface area contributed by atoms with Crippen LogP contribution in [0.2, 0.25) is 5.02 Å². The lowest BCUT2D eigenvalue weighted by molar-refractivity contribution is -0.0503. The van der Waals surface area contributed by atoms with Crippen LogP contribution >= 0.6 is 11.6 Å². The van der Waals surface area contributed by atoms with E-state index in [0.29, 0.717) is 21.8 Å². The zero-order valence-electron chi connectivity index (χ0n) is 16.6. The van der Waals surface area contributed by atoms with E-state index >= 15 is 0 Å². The number of carbonyl (C=O) groups excluding carboxylic acids is 1. The van der Waals surface area contributed by atoms with Crippen LogP contribution in [0.25, 0.3) is 0 Å². The molecular weight excluding hydrogens is 360 g/mol. The Bertz CT molecular complexity index is 683. The van der Waals surface area contributed by atoms with Gasteiger partial charge in [-0.2, -0.15) is 0 Å². The zero-order valence-corrected chi connectivity index (χ0v) is 17.4. The molecule has 1 unspecified atom stereocenters. The highest BCUT2D eigenvalue weighted by atomic mass is 35.5. The topological polar surface area (TPSA) is 41.6 Å². The molecule has 0 spiro atoms. The van der Waals surface area contributed by atoms with Crippen molar-refractivity contribution in [1.29, 1.82) is 0 Å². The Kier molecular flexibility index (Phi) is 5.15. The van der Waals surface area contributed by atoms with Gasteiger partial charge in [-0.3, -0.25) is 9.69 Å². The van der Waals surface area contributed by atoms with Crippen LogP contribution in [0.4, 0.5) is 0 Å². The first kappa shape index (κ1) is 19.1. The van der Waals surface area contributed by atoms with Crippen LogP contribution in [0.1, 0.15) is 55.8 Å². The van der Waals surface area contributed by atoms with Crippen molar-refractivity contribution in [3.63, 3.8) is 0 Å². The Morgan fingerprint density at radius 2 is 1.81 bits per heavy atom. The fourth-order valence-electron chi connectivity index (χ4n) is 5.92. The molecule has 5 heteroatoms. The minimum Gasteiger partial charge on any atom is -0.475 e. The standard InChI is InChI=1S/C22H31ClN2O2/c1-14(25(2)3)27-18-4-5-20(23)19(9-18)21(26)24-13-22-10-15-6-16(11-22)8-17(7-15)12-22/h4-5,9,14-17H,6-8,10-13H2,1-3H3,(H,24,26). The van der Waals surface area contributed by atoms with Gasteiger partial charge in [-0.15, -0.1) is 0 Å². The van der Waals surface area contributed by atoms with Crippen molar-refractivity contribution in [3.05, 3.63) is 28.8 Å². The molecular formula is C22H31ClN2O2. The third-order valence-electron chi connectivity index (χ3n) is 7.01. The molecule has 0 aromatic heterocycles. The van der Waals surface area contributed by atoms with Crippen LogP contribution in [0, 0.1) is 23.2 Å². The number of ether oxygens (including phenoxy) is 1. The summed E-state index contributed by atoms with van der Waals surface area (Å²) in [7, 11) is 3.92. The monoisotopic (exact) mass is 390 g/mol. The number of amides is 1. The molecule has 4 saturated carbocycles. The highest BCUT2D eigenvalue weighted by molar-refractivity contribution is 6.33. The Balaban J connectivity index is 1.42. The zero-order chi connectivity index (χ0) is 19.2. The summed E-state index contributed by atoms with van der Waals surface area (Å²) < 4.78 is 5.89. The lowest BCUT2D eigenvalue weighted by Crippen LogP contribution is -2.51. The molecule has 4 bridgehead atoms. The maximum atomic E-state index is 12.9. The van der Waals surface area contributed by atoms with Crippen molar-refractivity contribution in [2.24, 2.45) is 23.2 Å². The second kappa shape index (κ2) is 7.29. The molecule has 0 aliphatic heterocycles. The summed E-state index contributed by atoms with van der Waals surface area (Å²) in [6.45, 7) is 2.76. The Morgan fingerprint density at radius 3 is 2.37 bits per heavy atom. The lowest BCUT2D eigenvalue weighted by Gasteiger charge is -2.56. The summed E-state index contributed by atoms with van der Waals surface area (Å²) in [6.07, 6.45) is 8.05. The minimum atomic E-state index is -0.0845. The van der Waals surface area contributed by atoms with Crippen LogP contribution in [-0.4, -0.2) is 37.7 Å². The highest BCUT2D eigenvalue weighted by Crippen LogP contribution is 2.59. The van der Waals surface area contributed by atoms with Gasteiger partial charge in [0.05, 0.1) is 10.6 Å². The van der Waals surface area contributed by atoms with Gasteiger partial charge in [0.2, 0.25) is 0 Å². The lowest BCUT2D eigenvalue weighted by atomic mass is 9.49. The van der Waals surface area contributed by atoms with Crippen LogP contribution < -0.4 is 10.1 Å². The first-order valence-electron chi connectivity index (χ1n) is 10.2. The molecule has 4 aliphatic carbocycles. The fourth-order valence-corrected chi connectivity index (χ4v) is 6.13. The number of hydrogen-bond acceptors (Lipinski definition) is 3. The molecule has 0 heterocycles. The van der Waals surface area contributed by atoms with E-state index < -0.39 is 0 Å². The predicted octanol–water partition coefficient (Wildman–Crippen LogP) is 4.57. The van der Waals surface area contributed by atoms with Crippen molar-refractivity contribution < 1.29 is 9.53 Å². The molecule has 1 aromatic rings. The normalized spacial score (nSPS) is 32.6. The molecule has 1 amide bonds. The molecule has 148 valence electrons. The van der Waals surface area contributed by atoms with Crippen molar-refractivity contribution in [3.8, 4) is 5.75 Å². The molecule has 27 heavy (non-hydrogen) atoms. The molecule has 1 N–H and O–H groups in total. The quantitative estimate of drug-likeness (QED) is 0.723. The van der Waals surface area contributed by atoms with Crippen molar-refractivity contribution >= 4 is 17.5 Å². The first-order valence-corrected chi connectivity index (χ1v) is 10.6. The van der Waals surface area contributed by atoms with Gasteiger partial charge in [0, 0.05) is 6.54 Å². The third-order valence-corrected chi connectivity index (χ3v) is 7.33. The van der Waals surface area contributed by atoms with Crippen molar-refractivity contribution in [2.45, 2.75) is 51.7 Å². The van der Waals surface area contributed by atoms with Gasteiger partial charge >= 0.3 is 0 Å². The summed E-state index contributed by atoms with van der Waals surface area (Å²) in [5.74, 6) is 3.25. The summed E-state index contributed by atoms with van der Waals surface area (Å²) in [5.41, 5.74) is 0.828. The predicted molar refractivity (Wildman–Crippen MR) is 108 cm³/mol. The van der Waals surface area contributed by atoms with Crippen LogP contribution in [0.15, 0.2) is 18.2 Å². The van der Waals surface area contributed by atoms with Gasteiger partial charge in [0.1, 0.15) is 12.0 Å². The molecule has 1 aromatic carbocycles. The van der Waals surface area contributed by atoms with Crippen LogP contribution in [-0.2, 0) is 0 Å². The van der Waals surface area contributed by atoms with E-state index in [1.165, 1.54) is 38.5 Å².